The van der Waals surface area contributed by atoms with Crippen LogP contribution in [-0.2, 0) is 4.79 Å². The maximum Gasteiger partial charge on any atom is 0.253 e. The molecule has 0 fully saturated rings. The second kappa shape index (κ2) is 5.84. The molecular weight excluding hydrogens is 244 g/mol. The second-order valence-corrected chi connectivity index (χ2v) is 5.09. The normalized spacial score (nSPS) is 11.0. The molecule has 0 aliphatic carbocycles. The summed E-state index contributed by atoms with van der Waals surface area (Å²) in [6.07, 6.45) is 0. The third-order valence-corrected chi connectivity index (χ3v) is 2.83. The fourth-order valence-corrected chi connectivity index (χ4v) is 1.54. The molecule has 0 atom stereocenters. The van der Waals surface area contributed by atoms with Gasteiger partial charge < -0.3 is 15.3 Å². The van der Waals surface area contributed by atoms with E-state index in [-0.39, 0.29) is 18.4 Å². The average Bonchev–Trinajstić information content (AvgIpc) is 2.37. The number of aliphatic hydroxyl groups is 1. The van der Waals surface area contributed by atoms with E-state index < -0.39 is 5.54 Å². The van der Waals surface area contributed by atoms with Crippen LogP contribution in [0.5, 0.6) is 0 Å². The summed E-state index contributed by atoms with van der Waals surface area (Å²) in [5.74, 6) is -0.468. The number of carbonyl (C=O) groups excluding carboxylic acids is 2. The summed E-state index contributed by atoms with van der Waals surface area (Å²) in [5.41, 5.74) is 0.238. The lowest BCUT2D eigenvalue weighted by Gasteiger charge is -2.25. The van der Waals surface area contributed by atoms with Crippen LogP contribution >= 0.6 is 0 Å². The third kappa shape index (κ3) is 3.79. The maximum atomic E-state index is 12.2. The summed E-state index contributed by atoms with van der Waals surface area (Å²) in [7, 11) is 1.62. The molecule has 0 spiro atoms. The lowest BCUT2D eigenvalue weighted by atomic mass is 10.1. The molecule has 1 rings (SSSR count). The number of carbonyl (C=O) groups is 2. The van der Waals surface area contributed by atoms with Gasteiger partial charge in [0.05, 0.1) is 23.4 Å². The SMILES string of the molecule is CC(=O)N(C)c1ccccc1C(=O)NC(C)(C)CO. The van der Waals surface area contributed by atoms with Crippen LogP contribution in [-0.4, -0.2) is 36.1 Å². The summed E-state index contributed by atoms with van der Waals surface area (Å²) in [4.78, 5) is 25.0. The Hall–Kier alpha value is -1.88. The quantitative estimate of drug-likeness (QED) is 0.857. The predicted molar refractivity (Wildman–Crippen MR) is 74.2 cm³/mol. The van der Waals surface area contributed by atoms with Crippen molar-refractivity contribution in [3.8, 4) is 0 Å². The van der Waals surface area contributed by atoms with Crippen molar-refractivity contribution in [2.45, 2.75) is 26.3 Å². The Morgan fingerprint density at radius 1 is 1.32 bits per heavy atom. The van der Waals surface area contributed by atoms with Gasteiger partial charge in [0.2, 0.25) is 5.91 Å². The molecule has 1 aromatic rings. The highest BCUT2D eigenvalue weighted by Crippen LogP contribution is 2.20. The van der Waals surface area contributed by atoms with Gasteiger partial charge in [-0.3, -0.25) is 9.59 Å². The van der Waals surface area contributed by atoms with Gasteiger partial charge in [0.25, 0.3) is 5.91 Å². The molecule has 0 aliphatic rings. The molecule has 1 aromatic carbocycles. The van der Waals surface area contributed by atoms with Crippen LogP contribution in [0.25, 0.3) is 0 Å². The molecule has 104 valence electrons. The molecule has 2 amide bonds. The van der Waals surface area contributed by atoms with Crippen molar-refractivity contribution in [3.05, 3.63) is 29.8 Å². The summed E-state index contributed by atoms with van der Waals surface area (Å²) >= 11 is 0. The fraction of sp³-hybridized carbons (Fsp3) is 0.429. The number of anilines is 1. The van der Waals surface area contributed by atoms with E-state index in [2.05, 4.69) is 5.32 Å². The molecule has 2 N–H and O–H groups in total. The largest absolute Gasteiger partial charge is 0.394 e. The molecule has 0 aromatic heterocycles. The van der Waals surface area contributed by atoms with Crippen LogP contribution in [0.15, 0.2) is 24.3 Å². The Balaban J connectivity index is 3.07. The Kier molecular flexibility index (Phi) is 4.67. The van der Waals surface area contributed by atoms with Gasteiger partial charge in [-0.05, 0) is 26.0 Å². The minimum absolute atomic E-state index is 0.151. The van der Waals surface area contributed by atoms with Crippen LogP contribution < -0.4 is 10.2 Å². The van der Waals surface area contributed by atoms with E-state index in [1.165, 1.54) is 11.8 Å². The van der Waals surface area contributed by atoms with Gasteiger partial charge in [0, 0.05) is 14.0 Å². The monoisotopic (exact) mass is 264 g/mol. The Bertz CT molecular complexity index is 483. The van der Waals surface area contributed by atoms with E-state index in [0.717, 1.165) is 0 Å². The minimum atomic E-state index is -0.709. The topological polar surface area (TPSA) is 69.6 Å². The van der Waals surface area contributed by atoms with Gasteiger partial charge in [0.1, 0.15) is 0 Å². The highest BCUT2D eigenvalue weighted by molar-refractivity contribution is 6.04. The summed E-state index contributed by atoms with van der Waals surface area (Å²) in [6.45, 7) is 4.72. The first-order valence-electron chi connectivity index (χ1n) is 6.05. The fourth-order valence-electron chi connectivity index (χ4n) is 1.54. The van der Waals surface area contributed by atoms with Gasteiger partial charge in [-0.25, -0.2) is 0 Å². The van der Waals surface area contributed by atoms with Gasteiger partial charge in [-0.2, -0.15) is 0 Å². The van der Waals surface area contributed by atoms with Crippen molar-refractivity contribution >= 4 is 17.5 Å². The van der Waals surface area contributed by atoms with Gasteiger partial charge in [-0.15, -0.1) is 0 Å². The Labute approximate surface area is 113 Å². The van der Waals surface area contributed by atoms with Crippen molar-refractivity contribution in [2.24, 2.45) is 0 Å². The molecule has 0 radical (unpaired) electrons. The Morgan fingerprint density at radius 3 is 2.42 bits per heavy atom. The highest BCUT2D eigenvalue weighted by Gasteiger charge is 2.22. The van der Waals surface area contributed by atoms with Crippen molar-refractivity contribution in [1.82, 2.24) is 5.32 Å². The van der Waals surface area contributed by atoms with Crippen molar-refractivity contribution in [1.29, 1.82) is 0 Å². The summed E-state index contributed by atoms with van der Waals surface area (Å²) in [6, 6.07) is 6.86. The molecule has 0 heterocycles. The number of benzene rings is 1. The van der Waals surface area contributed by atoms with Crippen LogP contribution in [0.4, 0.5) is 5.69 Å². The molecule has 5 heteroatoms. The van der Waals surface area contributed by atoms with Crippen molar-refractivity contribution in [2.75, 3.05) is 18.6 Å². The number of nitrogens with one attached hydrogen (secondary N) is 1. The molecule has 0 aliphatic heterocycles. The Morgan fingerprint density at radius 2 is 1.89 bits per heavy atom. The zero-order chi connectivity index (χ0) is 14.6. The van der Waals surface area contributed by atoms with Crippen molar-refractivity contribution < 1.29 is 14.7 Å². The smallest absolute Gasteiger partial charge is 0.253 e. The lowest BCUT2D eigenvalue weighted by molar-refractivity contribution is -0.116. The molecule has 0 bridgehead atoms. The number of aliphatic hydroxyl groups excluding tert-OH is 1. The van der Waals surface area contributed by atoms with Crippen LogP contribution in [0, 0.1) is 0 Å². The number of hydrogen-bond donors (Lipinski definition) is 2. The summed E-state index contributed by atoms with van der Waals surface area (Å²) in [5, 5.41) is 11.9. The van der Waals surface area contributed by atoms with E-state index in [0.29, 0.717) is 11.3 Å². The zero-order valence-corrected chi connectivity index (χ0v) is 11.7. The maximum absolute atomic E-state index is 12.2. The van der Waals surface area contributed by atoms with E-state index in [1.807, 2.05) is 0 Å². The van der Waals surface area contributed by atoms with Crippen LogP contribution in [0.3, 0.4) is 0 Å². The standard InChI is InChI=1S/C14H20N2O3/c1-10(18)16(4)12-8-6-5-7-11(12)13(19)15-14(2,3)9-17/h5-8,17H,9H2,1-4H3,(H,15,19). The number of nitrogens with zero attached hydrogens (tertiary/aromatic N) is 1. The van der Waals surface area contributed by atoms with Crippen LogP contribution in [0.1, 0.15) is 31.1 Å². The molecular formula is C14H20N2O3. The lowest BCUT2D eigenvalue weighted by Crippen LogP contribution is -2.46. The first kappa shape index (κ1) is 15.2. The molecule has 0 unspecified atom stereocenters. The van der Waals surface area contributed by atoms with E-state index in [9.17, 15) is 14.7 Å². The molecule has 0 saturated heterocycles. The molecule has 19 heavy (non-hydrogen) atoms. The number of amides is 2. The predicted octanol–water partition coefficient (Wildman–Crippen LogP) is 1.17. The summed E-state index contributed by atoms with van der Waals surface area (Å²) < 4.78 is 0. The zero-order valence-electron chi connectivity index (χ0n) is 11.7. The van der Waals surface area contributed by atoms with Gasteiger partial charge in [0.15, 0.2) is 0 Å². The molecule has 5 nitrogen and oxygen atoms in total. The van der Waals surface area contributed by atoms with Gasteiger partial charge in [-0.1, -0.05) is 12.1 Å². The number of para-hydroxylation sites is 1. The average molecular weight is 264 g/mol. The third-order valence-electron chi connectivity index (χ3n) is 2.83. The number of hydrogen-bond acceptors (Lipinski definition) is 3. The first-order chi connectivity index (χ1) is 8.78. The van der Waals surface area contributed by atoms with E-state index in [4.69, 9.17) is 0 Å². The van der Waals surface area contributed by atoms with Crippen LogP contribution in [0.2, 0.25) is 0 Å². The molecule has 0 saturated carbocycles. The highest BCUT2D eigenvalue weighted by atomic mass is 16.3. The first-order valence-corrected chi connectivity index (χ1v) is 6.05. The van der Waals surface area contributed by atoms with Crippen molar-refractivity contribution in [3.63, 3.8) is 0 Å². The van der Waals surface area contributed by atoms with E-state index >= 15 is 0 Å². The second-order valence-electron chi connectivity index (χ2n) is 5.09. The van der Waals surface area contributed by atoms with E-state index in [1.54, 1.807) is 45.2 Å². The minimum Gasteiger partial charge on any atom is -0.394 e. The number of rotatable bonds is 4. The van der Waals surface area contributed by atoms with Gasteiger partial charge >= 0.3 is 0 Å².